The molecule has 4 rings (SSSR count). The van der Waals surface area contributed by atoms with E-state index in [1.165, 1.54) is 16.8 Å². The third-order valence-corrected chi connectivity index (χ3v) is 4.68. The molecular weight excluding hydrogens is 358 g/mol. The summed E-state index contributed by atoms with van der Waals surface area (Å²) in [6.07, 6.45) is -1.93. The van der Waals surface area contributed by atoms with Crippen molar-refractivity contribution in [3.05, 3.63) is 65.5 Å². The smallest absolute Gasteiger partial charge is 0.370 e. The van der Waals surface area contributed by atoms with E-state index in [0.717, 1.165) is 30.5 Å². The Bertz CT molecular complexity index is 976. The van der Waals surface area contributed by atoms with E-state index >= 15 is 0 Å². The summed E-state index contributed by atoms with van der Waals surface area (Å²) in [7, 11) is 0. The number of hydrogen-bond acceptors (Lipinski definition) is 2. The molecular formula is C20H17F4N3. The second-order valence-corrected chi connectivity index (χ2v) is 6.50. The zero-order chi connectivity index (χ0) is 19.0. The van der Waals surface area contributed by atoms with E-state index in [4.69, 9.17) is 0 Å². The Morgan fingerprint density at radius 1 is 1.00 bits per heavy atom. The van der Waals surface area contributed by atoms with Gasteiger partial charge >= 0.3 is 6.18 Å². The summed E-state index contributed by atoms with van der Waals surface area (Å²) in [5, 5.41) is 7.76. The lowest BCUT2D eigenvalue weighted by Crippen LogP contribution is -2.09. The number of benzene rings is 2. The van der Waals surface area contributed by atoms with Crippen molar-refractivity contribution >= 4 is 5.82 Å². The molecule has 1 aromatic heterocycles. The molecule has 0 aliphatic carbocycles. The highest BCUT2D eigenvalue weighted by Gasteiger charge is 2.31. The standard InChI is InChI=1S/C20H17F4N3/c21-17-10-2-1-8-15(17)18-16-9-3-4-11-25-19(16)27(26-18)14-7-5-6-13(12-14)20(22,23)24/h1-2,5-8,10,12,25H,3-4,9,11H2. The first-order chi connectivity index (χ1) is 12.9. The van der Waals surface area contributed by atoms with Crippen LogP contribution in [0.5, 0.6) is 0 Å². The third-order valence-electron chi connectivity index (χ3n) is 4.68. The average molecular weight is 375 g/mol. The van der Waals surface area contributed by atoms with Gasteiger partial charge in [0, 0.05) is 17.7 Å². The quantitative estimate of drug-likeness (QED) is 0.604. The van der Waals surface area contributed by atoms with Gasteiger partial charge in [0.1, 0.15) is 17.3 Å². The Labute approximate surface area is 153 Å². The Hall–Kier alpha value is -2.83. The van der Waals surface area contributed by atoms with Crippen molar-refractivity contribution in [3.63, 3.8) is 0 Å². The van der Waals surface area contributed by atoms with Gasteiger partial charge in [0.2, 0.25) is 0 Å². The first-order valence-corrected chi connectivity index (χ1v) is 8.73. The molecule has 0 saturated carbocycles. The molecule has 3 nitrogen and oxygen atoms in total. The van der Waals surface area contributed by atoms with Gasteiger partial charge in [-0.3, -0.25) is 0 Å². The van der Waals surface area contributed by atoms with E-state index in [9.17, 15) is 17.6 Å². The van der Waals surface area contributed by atoms with Gasteiger partial charge in [0.05, 0.1) is 11.3 Å². The third kappa shape index (κ3) is 3.29. The number of halogens is 4. The van der Waals surface area contributed by atoms with Gasteiger partial charge in [0.25, 0.3) is 0 Å². The van der Waals surface area contributed by atoms with Crippen LogP contribution in [0.3, 0.4) is 0 Å². The van der Waals surface area contributed by atoms with Gasteiger partial charge in [-0.1, -0.05) is 18.2 Å². The maximum Gasteiger partial charge on any atom is 0.416 e. The highest BCUT2D eigenvalue weighted by atomic mass is 19.4. The fourth-order valence-electron chi connectivity index (χ4n) is 3.37. The molecule has 0 bridgehead atoms. The Morgan fingerprint density at radius 2 is 1.81 bits per heavy atom. The predicted molar refractivity (Wildman–Crippen MR) is 95.4 cm³/mol. The van der Waals surface area contributed by atoms with Crippen LogP contribution in [0.15, 0.2) is 48.5 Å². The molecule has 1 aliphatic rings. The monoisotopic (exact) mass is 375 g/mol. The fraction of sp³-hybridized carbons (Fsp3) is 0.250. The normalized spacial score (nSPS) is 14.4. The molecule has 0 spiro atoms. The highest BCUT2D eigenvalue weighted by molar-refractivity contribution is 5.71. The molecule has 0 radical (unpaired) electrons. The summed E-state index contributed by atoms with van der Waals surface area (Å²) >= 11 is 0. The lowest BCUT2D eigenvalue weighted by molar-refractivity contribution is -0.137. The first-order valence-electron chi connectivity index (χ1n) is 8.73. The molecule has 27 heavy (non-hydrogen) atoms. The van der Waals surface area contributed by atoms with Crippen LogP contribution in [0.1, 0.15) is 24.0 Å². The lowest BCUT2D eigenvalue weighted by Gasteiger charge is -2.12. The van der Waals surface area contributed by atoms with E-state index in [1.54, 1.807) is 24.3 Å². The van der Waals surface area contributed by atoms with E-state index in [1.807, 2.05) is 0 Å². The van der Waals surface area contributed by atoms with Gasteiger partial charge in [-0.15, -0.1) is 0 Å². The molecule has 3 aromatic rings. The molecule has 1 aliphatic heterocycles. The second kappa shape index (κ2) is 6.72. The Balaban J connectivity index is 1.91. The van der Waals surface area contributed by atoms with Crippen LogP contribution in [-0.4, -0.2) is 16.3 Å². The van der Waals surface area contributed by atoms with E-state index in [-0.39, 0.29) is 5.69 Å². The zero-order valence-corrected chi connectivity index (χ0v) is 14.4. The van der Waals surface area contributed by atoms with Gasteiger partial charge < -0.3 is 5.32 Å². The fourth-order valence-corrected chi connectivity index (χ4v) is 3.37. The SMILES string of the molecule is Fc1ccccc1-c1nn(-c2cccc(C(F)(F)F)c2)c2c1CCCCN2. The molecule has 2 aromatic carbocycles. The molecule has 0 fully saturated rings. The van der Waals surface area contributed by atoms with Crippen LogP contribution in [0.25, 0.3) is 16.9 Å². The molecule has 0 amide bonds. The van der Waals surface area contributed by atoms with Crippen LogP contribution < -0.4 is 5.32 Å². The number of aromatic nitrogens is 2. The number of anilines is 1. The van der Waals surface area contributed by atoms with Crippen molar-refractivity contribution in [1.29, 1.82) is 0 Å². The number of nitrogens with zero attached hydrogens (tertiary/aromatic N) is 2. The van der Waals surface area contributed by atoms with Gasteiger partial charge in [-0.2, -0.15) is 18.3 Å². The second-order valence-electron chi connectivity index (χ2n) is 6.50. The van der Waals surface area contributed by atoms with E-state index in [0.29, 0.717) is 30.0 Å². The van der Waals surface area contributed by atoms with Crippen molar-refractivity contribution in [3.8, 4) is 16.9 Å². The van der Waals surface area contributed by atoms with Crippen LogP contribution in [0, 0.1) is 5.82 Å². The topological polar surface area (TPSA) is 29.9 Å². The highest BCUT2D eigenvalue weighted by Crippen LogP contribution is 2.36. The van der Waals surface area contributed by atoms with Crippen molar-refractivity contribution in [2.75, 3.05) is 11.9 Å². The van der Waals surface area contributed by atoms with Crippen molar-refractivity contribution in [1.82, 2.24) is 9.78 Å². The van der Waals surface area contributed by atoms with Crippen LogP contribution in [0.2, 0.25) is 0 Å². The molecule has 2 heterocycles. The summed E-state index contributed by atoms with van der Waals surface area (Å²) in [5.41, 5.74) is 1.19. The van der Waals surface area contributed by atoms with E-state index in [2.05, 4.69) is 10.4 Å². The Kier molecular flexibility index (Phi) is 4.37. The molecule has 7 heteroatoms. The van der Waals surface area contributed by atoms with Crippen LogP contribution in [-0.2, 0) is 12.6 Å². The minimum Gasteiger partial charge on any atom is -0.370 e. The first kappa shape index (κ1) is 17.6. The minimum absolute atomic E-state index is 0.290. The maximum atomic E-state index is 14.4. The molecule has 0 unspecified atom stereocenters. The summed E-state index contributed by atoms with van der Waals surface area (Å²) < 4.78 is 55.2. The summed E-state index contributed by atoms with van der Waals surface area (Å²) in [5.74, 6) is 0.225. The number of nitrogens with one attached hydrogen (secondary N) is 1. The van der Waals surface area contributed by atoms with Crippen LogP contribution in [0.4, 0.5) is 23.4 Å². The zero-order valence-electron chi connectivity index (χ0n) is 14.4. The van der Waals surface area contributed by atoms with Crippen molar-refractivity contribution in [2.24, 2.45) is 0 Å². The van der Waals surface area contributed by atoms with E-state index < -0.39 is 17.6 Å². The summed E-state index contributed by atoms with van der Waals surface area (Å²) in [6, 6.07) is 11.3. The minimum atomic E-state index is -4.44. The molecule has 0 atom stereocenters. The Morgan fingerprint density at radius 3 is 2.59 bits per heavy atom. The van der Waals surface area contributed by atoms with Gasteiger partial charge in [-0.05, 0) is 49.6 Å². The largest absolute Gasteiger partial charge is 0.416 e. The molecule has 140 valence electrons. The average Bonchev–Trinajstić information content (AvgIpc) is 2.83. The molecule has 1 N–H and O–H groups in total. The van der Waals surface area contributed by atoms with Gasteiger partial charge in [-0.25, -0.2) is 9.07 Å². The predicted octanol–water partition coefficient (Wildman–Crippen LogP) is 5.45. The maximum absolute atomic E-state index is 14.4. The van der Waals surface area contributed by atoms with Crippen molar-refractivity contribution < 1.29 is 17.6 Å². The number of fused-ring (bicyclic) bond motifs is 1. The number of alkyl halides is 3. The van der Waals surface area contributed by atoms with Gasteiger partial charge in [0.15, 0.2) is 0 Å². The number of rotatable bonds is 2. The summed E-state index contributed by atoms with van der Waals surface area (Å²) in [4.78, 5) is 0. The summed E-state index contributed by atoms with van der Waals surface area (Å²) in [6.45, 7) is 0.689. The lowest BCUT2D eigenvalue weighted by atomic mass is 10.0. The van der Waals surface area contributed by atoms with Crippen LogP contribution >= 0.6 is 0 Å². The van der Waals surface area contributed by atoms with Crippen molar-refractivity contribution in [2.45, 2.75) is 25.4 Å². The number of hydrogen-bond donors (Lipinski definition) is 1. The molecule has 0 saturated heterocycles.